The number of rotatable bonds is 7. The minimum absolute atomic E-state index is 0.0242. The molecule has 5 N–H and O–H groups in total. The van der Waals surface area contributed by atoms with Crippen molar-refractivity contribution >= 4 is 17.4 Å². The SMILES string of the molecule is CN(C)c1cc(CNCc2c(F)cc(F)cc2F)c(O)c2c1CC1CC3CC(O)=C(C(N)=O)C4=C(C5CC5)OC(=C1C2=O)C43. The molecule has 0 aromatic heterocycles. The lowest BCUT2D eigenvalue weighted by atomic mass is 9.61. The van der Waals surface area contributed by atoms with Crippen molar-refractivity contribution in [3.8, 4) is 5.75 Å². The first-order valence-corrected chi connectivity index (χ1v) is 14.8. The number of aliphatic hydroxyl groups is 1. The summed E-state index contributed by atoms with van der Waals surface area (Å²) in [6.45, 7) is -0.293. The quantitative estimate of drug-likeness (QED) is 0.356. The number of nitrogens with zero attached hydrogens (tertiary/aromatic N) is 1. The molecule has 7 rings (SSSR count). The molecule has 44 heavy (non-hydrogen) atoms. The van der Waals surface area contributed by atoms with E-state index in [1.165, 1.54) is 0 Å². The third-order valence-electron chi connectivity index (χ3n) is 9.61. The fourth-order valence-electron chi connectivity index (χ4n) is 7.59. The van der Waals surface area contributed by atoms with Crippen LogP contribution in [0, 0.1) is 41.1 Å². The van der Waals surface area contributed by atoms with Gasteiger partial charge in [0.25, 0.3) is 5.91 Å². The number of ketones is 1. The minimum Gasteiger partial charge on any atom is -0.511 e. The van der Waals surface area contributed by atoms with E-state index < -0.39 is 23.4 Å². The predicted molar refractivity (Wildman–Crippen MR) is 154 cm³/mol. The molecule has 2 aromatic rings. The standard InChI is InChI=1S/C33H32F3N3O5/c1-39(2)22-7-16(11-38-12-19-20(35)9-17(34)10-21(19)36)29(41)26-18(22)6-14-5-15-8-23(40)27(33(37)43)28-24(15)32(25(14)30(26)42)44-31(28)13-3-4-13/h7,9-10,13-15,24,38,40-41H,3-6,8,11-12H2,1-2H3,(H2,37,43). The third kappa shape index (κ3) is 4.31. The highest BCUT2D eigenvalue weighted by Crippen LogP contribution is 2.60. The van der Waals surface area contributed by atoms with Gasteiger partial charge in [0.2, 0.25) is 0 Å². The number of halogens is 3. The summed E-state index contributed by atoms with van der Waals surface area (Å²) < 4.78 is 48.2. The first-order valence-electron chi connectivity index (χ1n) is 14.8. The first-order chi connectivity index (χ1) is 21.0. The Kier molecular flexibility index (Phi) is 6.58. The monoisotopic (exact) mass is 607 g/mol. The normalized spacial score (nSPS) is 23.8. The highest BCUT2D eigenvalue weighted by Gasteiger charge is 2.55. The fraction of sp³-hybridized carbons (Fsp3) is 0.394. The minimum atomic E-state index is -1.02. The van der Waals surface area contributed by atoms with Gasteiger partial charge in [-0.15, -0.1) is 0 Å². The number of anilines is 1. The van der Waals surface area contributed by atoms with Crippen LogP contribution in [-0.2, 0) is 29.0 Å². The Morgan fingerprint density at radius 1 is 1.02 bits per heavy atom. The molecule has 1 aliphatic heterocycles. The summed E-state index contributed by atoms with van der Waals surface area (Å²) in [5.74, 6) is -3.90. The van der Waals surface area contributed by atoms with E-state index in [9.17, 15) is 33.0 Å². The van der Waals surface area contributed by atoms with E-state index >= 15 is 0 Å². The van der Waals surface area contributed by atoms with Crippen molar-refractivity contribution in [2.75, 3.05) is 19.0 Å². The molecule has 1 fully saturated rings. The molecular weight excluding hydrogens is 575 g/mol. The number of fused-ring (bicyclic) bond motifs is 2. The van der Waals surface area contributed by atoms with Gasteiger partial charge in [-0.2, -0.15) is 0 Å². The van der Waals surface area contributed by atoms with Gasteiger partial charge in [-0.25, -0.2) is 13.2 Å². The molecule has 11 heteroatoms. The molecule has 3 unspecified atom stereocenters. The number of phenols is 1. The van der Waals surface area contributed by atoms with Crippen LogP contribution in [0.3, 0.4) is 0 Å². The van der Waals surface area contributed by atoms with Crippen molar-refractivity contribution in [1.82, 2.24) is 5.32 Å². The number of hydrogen-bond donors (Lipinski definition) is 4. The lowest BCUT2D eigenvalue weighted by Gasteiger charge is -2.41. The maximum Gasteiger partial charge on any atom is 0.252 e. The number of hydrogen-bond acceptors (Lipinski definition) is 7. The van der Waals surface area contributed by atoms with E-state index in [2.05, 4.69) is 5.32 Å². The van der Waals surface area contributed by atoms with E-state index in [0.717, 1.165) is 18.5 Å². The molecular formula is C33H32F3N3O5. The number of allylic oxidation sites excluding steroid dienone is 4. The number of Topliss-reactive ketones (excluding diaryl/α,β-unsaturated/α-hetero) is 1. The number of ether oxygens (including phenoxy) is 1. The number of aliphatic hydroxyl groups excluding tert-OH is 1. The topological polar surface area (TPSA) is 125 Å². The van der Waals surface area contributed by atoms with Crippen LogP contribution in [0.1, 0.15) is 52.7 Å². The van der Waals surface area contributed by atoms with E-state index in [1.807, 2.05) is 19.0 Å². The van der Waals surface area contributed by atoms with Gasteiger partial charge in [0.15, 0.2) is 5.78 Å². The Balaban J connectivity index is 1.28. The zero-order chi connectivity index (χ0) is 31.2. The maximum atomic E-state index is 14.4. The van der Waals surface area contributed by atoms with Gasteiger partial charge in [0.1, 0.15) is 40.5 Å². The molecule has 1 heterocycles. The Labute approximate surface area is 251 Å². The van der Waals surface area contributed by atoms with Gasteiger partial charge in [-0.05, 0) is 49.1 Å². The van der Waals surface area contributed by atoms with Crippen molar-refractivity contribution in [3.05, 3.63) is 91.9 Å². The number of benzene rings is 2. The zero-order valence-corrected chi connectivity index (χ0v) is 24.3. The molecule has 1 saturated carbocycles. The third-order valence-corrected chi connectivity index (χ3v) is 9.61. The number of carbonyl (C=O) groups is 2. The van der Waals surface area contributed by atoms with Crippen LogP contribution < -0.4 is 16.0 Å². The second kappa shape index (κ2) is 10.2. The number of primary amides is 1. The molecule has 0 radical (unpaired) electrons. The summed E-state index contributed by atoms with van der Waals surface area (Å²) >= 11 is 0. The summed E-state index contributed by atoms with van der Waals surface area (Å²) in [6, 6.07) is 2.96. The summed E-state index contributed by atoms with van der Waals surface area (Å²) in [6.07, 6.45) is 3.05. The van der Waals surface area contributed by atoms with Gasteiger partial charge in [-0.1, -0.05) is 0 Å². The fourth-order valence-corrected chi connectivity index (χ4v) is 7.59. The van der Waals surface area contributed by atoms with Gasteiger partial charge in [0.05, 0.1) is 17.1 Å². The number of carbonyl (C=O) groups excluding carboxylic acids is 2. The number of aromatic hydroxyl groups is 1. The average Bonchev–Trinajstić information content (AvgIpc) is 3.71. The number of nitrogens with one attached hydrogen (secondary N) is 1. The van der Waals surface area contributed by atoms with E-state index in [0.29, 0.717) is 58.8 Å². The Morgan fingerprint density at radius 3 is 2.36 bits per heavy atom. The smallest absolute Gasteiger partial charge is 0.252 e. The summed E-state index contributed by atoms with van der Waals surface area (Å²) in [5.41, 5.74) is 8.46. The van der Waals surface area contributed by atoms with Crippen LogP contribution in [0.2, 0.25) is 0 Å². The lowest BCUT2D eigenvalue weighted by molar-refractivity contribution is -0.114. The molecule has 0 bridgehead atoms. The van der Waals surface area contributed by atoms with Crippen LogP contribution in [0.5, 0.6) is 5.75 Å². The predicted octanol–water partition coefficient (Wildman–Crippen LogP) is 4.81. The van der Waals surface area contributed by atoms with Crippen LogP contribution >= 0.6 is 0 Å². The maximum absolute atomic E-state index is 14.4. The van der Waals surface area contributed by atoms with Crippen molar-refractivity contribution in [3.63, 3.8) is 0 Å². The van der Waals surface area contributed by atoms with E-state index in [-0.39, 0.29) is 77.2 Å². The molecule has 230 valence electrons. The van der Waals surface area contributed by atoms with Crippen molar-refractivity contribution in [2.45, 2.75) is 45.2 Å². The van der Waals surface area contributed by atoms with Crippen LogP contribution in [0.25, 0.3) is 0 Å². The van der Waals surface area contributed by atoms with Crippen molar-refractivity contribution < 1.29 is 37.7 Å². The van der Waals surface area contributed by atoms with Crippen LogP contribution in [-0.4, -0.2) is 36.0 Å². The van der Waals surface area contributed by atoms with E-state index in [1.54, 1.807) is 6.07 Å². The molecule has 5 aliphatic rings. The Morgan fingerprint density at radius 2 is 1.73 bits per heavy atom. The highest BCUT2D eigenvalue weighted by atomic mass is 19.1. The average molecular weight is 608 g/mol. The molecule has 2 aromatic carbocycles. The second-order valence-electron chi connectivity index (χ2n) is 12.6. The number of phenolic OH excluding ortho intramolecular Hbond substituents is 1. The highest BCUT2D eigenvalue weighted by molar-refractivity contribution is 6.14. The molecule has 1 amide bonds. The zero-order valence-electron chi connectivity index (χ0n) is 24.3. The Hall–Kier alpha value is -4.25. The lowest BCUT2D eigenvalue weighted by Crippen LogP contribution is -2.38. The van der Waals surface area contributed by atoms with Gasteiger partial charge >= 0.3 is 0 Å². The molecule has 4 aliphatic carbocycles. The number of nitrogens with two attached hydrogens (primary N) is 1. The second-order valence-corrected chi connectivity index (χ2v) is 12.6. The molecule has 8 nitrogen and oxygen atoms in total. The van der Waals surface area contributed by atoms with Gasteiger partial charge < -0.3 is 30.9 Å². The Bertz CT molecular complexity index is 1730. The number of amides is 1. The molecule has 0 saturated heterocycles. The van der Waals surface area contributed by atoms with Crippen molar-refractivity contribution in [1.29, 1.82) is 0 Å². The van der Waals surface area contributed by atoms with Crippen LogP contribution in [0.4, 0.5) is 18.9 Å². The van der Waals surface area contributed by atoms with E-state index in [4.69, 9.17) is 10.5 Å². The van der Waals surface area contributed by atoms with Gasteiger partial charge in [0, 0.05) is 79.6 Å². The first kappa shape index (κ1) is 28.5. The molecule has 0 spiro atoms. The largest absolute Gasteiger partial charge is 0.511 e. The van der Waals surface area contributed by atoms with Crippen LogP contribution in [0.15, 0.2) is 52.2 Å². The van der Waals surface area contributed by atoms with Gasteiger partial charge in [-0.3, -0.25) is 9.59 Å². The van der Waals surface area contributed by atoms with Crippen molar-refractivity contribution in [2.24, 2.45) is 29.4 Å². The summed E-state index contributed by atoms with van der Waals surface area (Å²) in [7, 11) is 3.66. The summed E-state index contributed by atoms with van der Waals surface area (Å²) in [4.78, 5) is 28.7. The summed E-state index contributed by atoms with van der Waals surface area (Å²) in [5, 5.41) is 25.3. The molecule has 3 atom stereocenters.